The summed E-state index contributed by atoms with van der Waals surface area (Å²) in [4.78, 5) is 10.7. The molecule has 5 heteroatoms. The van der Waals surface area contributed by atoms with Gasteiger partial charge in [-0.05, 0) is 30.4 Å². The van der Waals surface area contributed by atoms with E-state index in [1.807, 2.05) is 24.3 Å². The van der Waals surface area contributed by atoms with Gasteiger partial charge in [-0.2, -0.15) is 0 Å². The number of rotatable bonds is 5. The summed E-state index contributed by atoms with van der Waals surface area (Å²) in [5.41, 5.74) is 1.22. The molecule has 0 aliphatic heterocycles. The van der Waals surface area contributed by atoms with E-state index in [4.69, 9.17) is 10.1 Å². The third-order valence-corrected chi connectivity index (χ3v) is 2.52. The molecule has 0 aliphatic rings. The van der Waals surface area contributed by atoms with Crippen LogP contribution in [0.1, 0.15) is 5.56 Å². The van der Waals surface area contributed by atoms with Gasteiger partial charge in [-0.25, -0.2) is 6.21 Å². The Morgan fingerprint density at radius 1 is 1.56 bits per heavy atom. The van der Waals surface area contributed by atoms with E-state index in [2.05, 4.69) is 15.9 Å². The molecular weight excluding hydrogens is 289 g/mol. The van der Waals surface area contributed by atoms with Crippen molar-refractivity contribution in [3.05, 3.63) is 58.5 Å². The number of hydrogen-bond donors (Lipinski definition) is 0. The summed E-state index contributed by atoms with van der Waals surface area (Å²) in [6.45, 7) is 0. The Kier molecular flexibility index (Phi) is 11.0. The average Bonchev–Trinajstić information content (AvgIpc) is 2.29. The molecule has 0 atom stereocenters. The average molecular weight is 302 g/mol. The molecule has 0 N–H and O–H groups in total. The predicted molar refractivity (Wildman–Crippen MR) is 73.4 cm³/mol. The number of carbonyl (C=O) groups excluding carboxylic acids is 1. The molecule has 0 saturated heterocycles. The van der Waals surface area contributed by atoms with Crippen LogP contribution in [-0.2, 0) is 16.0 Å². The fraction of sp³-hybridized carbons (Fsp3) is 0.154. The molecule has 0 saturated carbocycles. The first-order chi connectivity index (χ1) is 7.71. The molecular formula is C13H13BrLiNO2-2. The van der Waals surface area contributed by atoms with E-state index in [1.165, 1.54) is 7.11 Å². The quantitative estimate of drug-likeness (QED) is 0.255. The molecule has 0 heterocycles. The van der Waals surface area contributed by atoms with E-state index in [-0.39, 0.29) is 37.6 Å². The number of halogens is 1. The first kappa shape index (κ1) is 19.5. The summed E-state index contributed by atoms with van der Waals surface area (Å²) in [6, 6.07) is 7.54. The second kappa shape index (κ2) is 10.1. The van der Waals surface area contributed by atoms with Gasteiger partial charge in [0, 0.05) is 4.47 Å². The summed E-state index contributed by atoms with van der Waals surface area (Å²) in [5.74, 6) is 0.134. The summed E-state index contributed by atoms with van der Waals surface area (Å²) in [5, 5.41) is 8.86. The van der Waals surface area contributed by atoms with Crippen LogP contribution in [-0.4, -0.2) is 19.6 Å². The number of allylic oxidation sites excluding steroid dienone is 2. The maximum atomic E-state index is 10.7. The van der Waals surface area contributed by atoms with Crippen LogP contribution in [0.15, 0.2) is 40.1 Å². The van der Waals surface area contributed by atoms with Crippen LogP contribution < -0.4 is 18.9 Å². The smallest absolute Gasteiger partial charge is 0.824 e. The minimum absolute atomic E-state index is 0. The minimum Gasteiger partial charge on any atom is -0.824 e. The van der Waals surface area contributed by atoms with Gasteiger partial charge in [0.15, 0.2) is 0 Å². The van der Waals surface area contributed by atoms with Crippen molar-refractivity contribution in [1.82, 2.24) is 0 Å². The third-order valence-electron chi connectivity index (χ3n) is 2.03. The molecule has 0 radical (unpaired) electrons. The van der Waals surface area contributed by atoms with Gasteiger partial charge in [0.05, 0.1) is 7.11 Å². The predicted octanol–water partition coefficient (Wildman–Crippen LogP) is 0.0963. The van der Waals surface area contributed by atoms with Gasteiger partial charge >= 0.3 is 18.9 Å². The van der Waals surface area contributed by atoms with E-state index in [0.717, 1.165) is 16.3 Å². The van der Waals surface area contributed by atoms with E-state index in [9.17, 15) is 4.79 Å². The molecule has 3 nitrogen and oxygen atoms in total. The standard InChI is InChI=1S/C12H10BrNO2.CH3.Li/c1-16-12(7-14)10(8-15)5-9-3-2-4-11(13)6-9;;/h2-4,6-7H,5H2,1H3;1H3;/q-2;-1;+1/b12-10+;;. The number of methoxy groups -OCH3 is 1. The molecule has 1 aromatic rings. The van der Waals surface area contributed by atoms with Crippen LogP contribution in [0.4, 0.5) is 0 Å². The Balaban J connectivity index is 0. The number of ether oxygens (including phenoxy) is 1. The van der Waals surface area contributed by atoms with Gasteiger partial charge in [0.2, 0.25) is 0 Å². The van der Waals surface area contributed by atoms with Crippen molar-refractivity contribution in [2.75, 3.05) is 7.11 Å². The molecule has 0 amide bonds. The molecule has 18 heavy (non-hydrogen) atoms. The maximum Gasteiger partial charge on any atom is 1.00 e. The Morgan fingerprint density at radius 2 is 2.22 bits per heavy atom. The molecule has 1 aromatic carbocycles. The van der Waals surface area contributed by atoms with Crippen molar-refractivity contribution in [3.8, 4) is 0 Å². The zero-order valence-corrected chi connectivity index (χ0v) is 12.3. The number of nitrogens with zero attached hydrogens (tertiary/aromatic N) is 1. The SMILES string of the molecule is CO/C(C=[N-])=C(/[C-]=O)Cc1cccc(Br)c1.[CH3-].[Li+]. The molecule has 0 aromatic heterocycles. The van der Waals surface area contributed by atoms with Crippen LogP contribution >= 0.6 is 15.9 Å². The van der Waals surface area contributed by atoms with Crippen LogP contribution in [0.3, 0.4) is 0 Å². The largest absolute Gasteiger partial charge is 1.00 e. The van der Waals surface area contributed by atoms with Crippen molar-refractivity contribution < 1.29 is 28.4 Å². The van der Waals surface area contributed by atoms with E-state index >= 15 is 0 Å². The first-order valence-electron chi connectivity index (χ1n) is 4.58. The number of hydrogen-bond acceptors (Lipinski definition) is 2. The second-order valence-electron chi connectivity index (χ2n) is 3.08. The maximum absolute atomic E-state index is 10.7. The molecule has 1 rings (SSSR count). The third kappa shape index (κ3) is 5.68. The fourth-order valence-electron chi connectivity index (χ4n) is 1.28. The molecule has 0 aliphatic carbocycles. The zero-order chi connectivity index (χ0) is 12.0. The van der Waals surface area contributed by atoms with Crippen LogP contribution in [0.2, 0.25) is 0 Å². The van der Waals surface area contributed by atoms with Crippen LogP contribution in [0, 0.1) is 7.43 Å². The first-order valence-corrected chi connectivity index (χ1v) is 5.37. The van der Waals surface area contributed by atoms with Crippen molar-refractivity contribution in [2.24, 2.45) is 0 Å². The second-order valence-corrected chi connectivity index (χ2v) is 4.00. The van der Waals surface area contributed by atoms with Crippen LogP contribution in [0.25, 0.3) is 5.41 Å². The van der Waals surface area contributed by atoms with Crippen molar-refractivity contribution in [2.45, 2.75) is 6.42 Å². The van der Waals surface area contributed by atoms with Gasteiger partial charge in [-0.1, -0.05) is 33.8 Å². The molecule has 0 bridgehead atoms. The minimum atomic E-state index is 0. The van der Waals surface area contributed by atoms with Crippen molar-refractivity contribution >= 4 is 28.4 Å². The van der Waals surface area contributed by atoms with Crippen molar-refractivity contribution in [1.29, 1.82) is 0 Å². The Labute approximate surface area is 128 Å². The Hall–Kier alpha value is -0.823. The van der Waals surface area contributed by atoms with E-state index in [1.54, 1.807) is 6.29 Å². The topological polar surface area (TPSA) is 48.6 Å². The van der Waals surface area contributed by atoms with Gasteiger partial charge < -0.3 is 22.4 Å². The molecule has 0 spiro atoms. The summed E-state index contributed by atoms with van der Waals surface area (Å²) in [6.07, 6.45) is 2.90. The van der Waals surface area contributed by atoms with Gasteiger partial charge in [0.1, 0.15) is 0 Å². The Bertz CT molecular complexity index is 433. The van der Waals surface area contributed by atoms with Gasteiger partial charge in [0.25, 0.3) is 0 Å². The van der Waals surface area contributed by atoms with Crippen LogP contribution in [0.5, 0.6) is 0 Å². The zero-order valence-electron chi connectivity index (χ0n) is 10.7. The summed E-state index contributed by atoms with van der Waals surface area (Å²) < 4.78 is 5.79. The van der Waals surface area contributed by atoms with E-state index in [0.29, 0.717) is 6.42 Å². The molecule has 0 fully saturated rings. The summed E-state index contributed by atoms with van der Waals surface area (Å²) >= 11 is 3.34. The Morgan fingerprint density at radius 3 is 2.67 bits per heavy atom. The monoisotopic (exact) mass is 301 g/mol. The molecule has 0 unspecified atom stereocenters. The molecule has 92 valence electrons. The van der Waals surface area contributed by atoms with Crippen molar-refractivity contribution in [3.63, 3.8) is 0 Å². The fourth-order valence-corrected chi connectivity index (χ4v) is 1.73. The normalized spacial score (nSPS) is 10.3. The van der Waals surface area contributed by atoms with Gasteiger partial charge in [-0.3, -0.25) is 0 Å². The van der Waals surface area contributed by atoms with E-state index < -0.39 is 0 Å². The summed E-state index contributed by atoms with van der Waals surface area (Å²) in [7, 11) is 1.39. The number of benzene rings is 1. The van der Waals surface area contributed by atoms with Gasteiger partial charge in [-0.15, -0.1) is 5.57 Å².